The van der Waals surface area contributed by atoms with Crippen molar-refractivity contribution < 1.29 is 35.3 Å². The van der Waals surface area contributed by atoms with Crippen LogP contribution in [-0.2, 0) is 19.1 Å². The smallest absolute Gasteiger partial charge is 0.420 e. The van der Waals surface area contributed by atoms with E-state index in [-0.39, 0.29) is 16.0 Å². The maximum Gasteiger partial charge on any atom is 0.420 e. The number of fused-ring (bicyclic) bond motifs is 1. The second kappa shape index (κ2) is 8.86. The van der Waals surface area contributed by atoms with Gasteiger partial charge in [-0.25, -0.2) is 4.18 Å². The summed E-state index contributed by atoms with van der Waals surface area (Å²) in [5.41, 5.74) is 0.294. The predicted molar refractivity (Wildman–Crippen MR) is 109 cm³/mol. The van der Waals surface area contributed by atoms with Crippen molar-refractivity contribution >= 4 is 38.5 Å². The standard InChI is InChI=1S/C21H16ClF3O5S/c1-13-4-2-6-17-16(13)5-3-7-18(17)31(27,28)30-20(21(23,24)25)14-8-10-15(11-9-14)29-19(26)12-22/h2-11,20H,12H2,1H3. The van der Waals surface area contributed by atoms with Gasteiger partial charge < -0.3 is 4.74 Å². The van der Waals surface area contributed by atoms with Gasteiger partial charge in [-0.15, -0.1) is 11.6 Å². The van der Waals surface area contributed by atoms with Gasteiger partial charge in [0.1, 0.15) is 16.5 Å². The molecule has 0 heterocycles. The Morgan fingerprint density at radius 2 is 1.61 bits per heavy atom. The van der Waals surface area contributed by atoms with E-state index in [2.05, 4.69) is 4.18 Å². The summed E-state index contributed by atoms with van der Waals surface area (Å²) in [4.78, 5) is 10.8. The SMILES string of the molecule is Cc1cccc2c(S(=O)(=O)OC(c3ccc(OC(=O)CCl)cc3)C(F)(F)F)cccc12. The van der Waals surface area contributed by atoms with E-state index in [4.69, 9.17) is 16.3 Å². The maximum atomic E-state index is 13.7. The Hall–Kier alpha value is -2.62. The minimum atomic E-state index is -5.03. The zero-order valence-electron chi connectivity index (χ0n) is 16.0. The molecule has 0 spiro atoms. The molecule has 31 heavy (non-hydrogen) atoms. The molecule has 3 rings (SSSR count). The molecule has 1 atom stereocenters. The number of aryl methyl sites for hydroxylation is 1. The van der Waals surface area contributed by atoms with E-state index in [0.717, 1.165) is 29.8 Å². The summed E-state index contributed by atoms with van der Waals surface area (Å²) < 4.78 is 76.3. The second-order valence-corrected chi connectivity index (χ2v) is 8.38. The number of hydrogen-bond donors (Lipinski definition) is 0. The molecule has 164 valence electrons. The van der Waals surface area contributed by atoms with Crippen LogP contribution in [0.4, 0.5) is 13.2 Å². The van der Waals surface area contributed by atoms with Gasteiger partial charge in [0.15, 0.2) is 6.10 Å². The summed E-state index contributed by atoms with van der Waals surface area (Å²) in [5.74, 6) is -1.26. The molecule has 1 unspecified atom stereocenters. The molecule has 0 saturated heterocycles. The van der Waals surface area contributed by atoms with Crippen LogP contribution in [0.2, 0.25) is 0 Å². The average Bonchev–Trinajstić information content (AvgIpc) is 2.72. The molecule has 0 radical (unpaired) electrons. The first-order valence-corrected chi connectivity index (χ1v) is 10.8. The molecule has 10 heteroatoms. The van der Waals surface area contributed by atoms with Gasteiger partial charge in [0.25, 0.3) is 10.1 Å². The molecule has 5 nitrogen and oxygen atoms in total. The number of alkyl halides is 4. The van der Waals surface area contributed by atoms with Gasteiger partial charge in [-0.1, -0.05) is 42.5 Å². The Kier molecular flexibility index (Phi) is 6.59. The number of rotatable bonds is 6. The van der Waals surface area contributed by atoms with E-state index in [1.165, 1.54) is 18.2 Å². The van der Waals surface area contributed by atoms with Crippen molar-refractivity contribution in [3.63, 3.8) is 0 Å². The van der Waals surface area contributed by atoms with Crippen LogP contribution in [0.1, 0.15) is 17.2 Å². The first kappa shape index (κ1) is 23.1. The molecule has 0 bridgehead atoms. The van der Waals surface area contributed by atoms with Gasteiger partial charge in [-0.05, 0) is 41.6 Å². The molecular weight excluding hydrogens is 457 g/mol. The second-order valence-electron chi connectivity index (χ2n) is 6.57. The summed E-state index contributed by atoms with van der Waals surface area (Å²) in [6.45, 7) is 1.76. The monoisotopic (exact) mass is 472 g/mol. The number of halogens is 4. The van der Waals surface area contributed by atoms with Crippen LogP contribution < -0.4 is 4.74 Å². The third-order valence-corrected chi connectivity index (χ3v) is 5.97. The van der Waals surface area contributed by atoms with E-state index in [1.54, 1.807) is 25.1 Å². The van der Waals surface area contributed by atoms with Crippen LogP contribution in [0.25, 0.3) is 10.8 Å². The first-order chi connectivity index (χ1) is 14.5. The lowest BCUT2D eigenvalue weighted by Crippen LogP contribution is -2.26. The number of ether oxygens (including phenoxy) is 1. The van der Waals surface area contributed by atoms with Crippen LogP contribution in [0.5, 0.6) is 5.75 Å². The highest BCUT2D eigenvalue weighted by Gasteiger charge is 2.45. The fourth-order valence-corrected chi connectivity index (χ4v) is 4.33. The molecule has 0 aliphatic carbocycles. The van der Waals surface area contributed by atoms with Crippen molar-refractivity contribution in [3.8, 4) is 5.75 Å². The average molecular weight is 473 g/mol. The Morgan fingerprint density at radius 1 is 1.00 bits per heavy atom. The molecule has 3 aromatic carbocycles. The largest absolute Gasteiger partial charge is 0.426 e. The quantitative estimate of drug-likeness (QED) is 0.211. The first-order valence-electron chi connectivity index (χ1n) is 8.88. The minimum Gasteiger partial charge on any atom is -0.426 e. The van der Waals surface area contributed by atoms with Crippen molar-refractivity contribution in [3.05, 3.63) is 71.8 Å². The highest BCUT2D eigenvalue weighted by atomic mass is 35.5. The zero-order valence-corrected chi connectivity index (χ0v) is 17.6. The van der Waals surface area contributed by atoms with Crippen LogP contribution >= 0.6 is 11.6 Å². The fraction of sp³-hybridized carbons (Fsp3) is 0.190. The summed E-state index contributed by atoms with van der Waals surface area (Å²) in [6, 6.07) is 13.3. The lowest BCUT2D eigenvalue weighted by atomic mass is 10.1. The van der Waals surface area contributed by atoms with Gasteiger partial charge in [0.05, 0.1) is 0 Å². The summed E-state index contributed by atoms with van der Waals surface area (Å²) in [5, 5.41) is 0.841. The van der Waals surface area contributed by atoms with Crippen LogP contribution in [0.15, 0.2) is 65.6 Å². The highest BCUT2D eigenvalue weighted by molar-refractivity contribution is 7.87. The number of benzene rings is 3. The van der Waals surface area contributed by atoms with E-state index in [9.17, 15) is 26.4 Å². The fourth-order valence-electron chi connectivity index (χ4n) is 3.00. The highest BCUT2D eigenvalue weighted by Crippen LogP contribution is 2.39. The molecule has 0 aliphatic heterocycles. The van der Waals surface area contributed by atoms with Crippen molar-refractivity contribution in [1.29, 1.82) is 0 Å². The van der Waals surface area contributed by atoms with E-state index < -0.39 is 39.8 Å². The Morgan fingerprint density at radius 3 is 2.23 bits per heavy atom. The van der Waals surface area contributed by atoms with Gasteiger partial charge in [-0.3, -0.25) is 4.79 Å². The van der Waals surface area contributed by atoms with Crippen molar-refractivity contribution in [1.82, 2.24) is 0 Å². The van der Waals surface area contributed by atoms with Crippen molar-refractivity contribution in [2.75, 3.05) is 5.88 Å². The Labute approximate surface area is 181 Å². The molecule has 0 aromatic heterocycles. The summed E-state index contributed by atoms with van der Waals surface area (Å²) in [6.07, 6.45) is -7.78. The van der Waals surface area contributed by atoms with E-state index in [1.807, 2.05) is 0 Å². The van der Waals surface area contributed by atoms with Gasteiger partial charge in [0, 0.05) is 5.39 Å². The summed E-state index contributed by atoms with van der Waals surface area (Å²) in [7, 11) is -4.79. The van der Waals surface area contributed by atoms with Crippen LogP contribution in [0.3, 0.4) is 0 Å². The third-order valence-electron chi connectivity index (χ3n) is 4.41. The van der Waals surface area contributed by atoms with Crippen molar-refractivity contribution in [2.45, 2.75) is 24.1 Å². The predicted octanol–water partition coefficient (Wildman–Crippen LogP) is 5.30. The maximum absolute atomic E-state index is 13.7. The van der Waals surface area contributed by atoms with Gasteiger partial charge >= 0.3 is 12.1 Å². The van der Waals surface area contributed by atoms with Crippen molar-refractivity contribution in [2.24, 2.45) is 0 Å². The van der Waals surface area contributed by atoms with E-state index in [0.29, 0.717) is 5.39 Å². The van der Waals surface area contributed by atoms with Gasteiger partial charge in [-0.2, -0.15) is 21.6 Å². The van der Waals surface area contributed by atoms with Crippen LogP contribution in [-0.4, -0.2) is 26.4 Å². The van der Waals surface area contributed by atoms with Crippen LogP contribution in [0, 0.1) is 6.92 Å². The molecular formula is C21H16ClF3O5S. The lowest BCUT2D eigenvalue weighted by Gasteiger charge is -2.21. The molecule has 0 fully saturated rings. The Bertz CT molecular complexity index is 1210. The minimum absolute atomic E-state index is 0.0392. The Balaban J connectivity index is 1.99. The molecule has 0 aliphatic rings. The summed E-state index contributed by atoms with van der Waals surface area (Å²) >= 11 is 5.32. The molecule has 0 N–H and O–H groups in total. The topological polar surface area (TPSA) is 69.7 Å². The lowest BCUT2D eigenvalue weighted by molar-refractivity contribution is -0.196. The van der Waals surface area contributed by atoms with Gasteiger partial charge in [0.2, 0.25) is 0 Å². The molecule has 0 saturated carbocycles. The third kappa shape index (κ3) is 5.17. The number of carbonyl (C=O) groups excluding carboxylic acids is 1. The number of carbonyl (C=O) groups is 1. The number of esters is 1. The zero-order chi connectivity index (χ0) is 22.8. The molecule has 0 amide bonds. The van der Waals surface area contributed by atoms with E-state index >= 15 is 0 Å². The number of hydrogen-bond acceptors (Lipinski definition) is 5. The molecule has 3 aromatic rings. The normalized spacial score (nSPS) is 13.2.